The molecule has 4 heteroatoms. The molecule has 0 aliphatic rings. The van der Waals surface area contributed by atoms with Gasteiger partial charge >= 0.3 is 6.18 Å². The molecule has 0 radical (unpaired) electrons. The van der Waals surface area contributed by atoms with E-state index in [1.807, 2.05) is 20.8 Å². The standard InChI is InChI=1S/C12H14F4/c1-7(2)8(3)9-4-5-11(13)10(6-9)12(14,15)16/h4-8H,1-3H3. The topological polar surface area (TPSA) is 0 Å². The van der Waals surface area contributed by atoms with Gasteiger partial charge in [0.05, 0.1) is 5.56 Å². The van der Waals surface area contributed by atoms with Crippen molar-refractivity contribution in [1.29, 1.82) is 0 Å². The van der Waals surface area contributed by atoms with Gasteiger partial charge in [0.2, 0.25) is 0 Å². The minimum atomic E-state index is -4.63. The highest BCUT2D eigenvalue weighted by molar-refractivity contribution is 5.29. The highest BCUT2D eigenvalue weighted by Gasteiger charge is 2.34. The van der Waals surface area contributed by atoms with E-state index in [2.05, 4.69) is 0 Å². The highest BCUT2D eigenvalue weighted by atomic mass is 19.4. The van der Waals surface area contributed by atoms with Crippen LogP contribution < -0.4 is 0 Å². The molecule has 0 aliphatic carbocycles. The molecule has 16 heavy (non-hydrogen) atoms. The SMILES string of the molecule is CC(C)C(C)c1ccc(F)c(C(F)(F)F)c1. The quantitative estimate of drug-likeness (QED) is 0.656. The van der Waals surface area contributed by atoms with Crippen molar-refractivity contribution < 1.29 is 17.6 Å². The Morgan fingerprint density at radius 1 is 1.06 bits per heavy atom. The predicted molar refractivity (Wildman–Crippen MR) is 54.7 cm³/mol. The molecule has 0 saturated heterocycles. The van der Waals surface area contributed by atoms with E-state index in [0.717, 1.165) is 12.1 Å². The molecule has 0 fully saturated rings. The first-order valence-corrected chi connectivity index (χ1v) is 5.10. The van der Waals surface area contributed by atoms with Crippen molar-refractivity contribution in [1.82, 2.24) is 0 Å². The molecule has 0 bridgehead atoms. The molecule has 1 rings (SSSR count). The molecule has 0 aromatic heterocycles. The average molecular weight is 234 g/mol. The normalized spacial score (nSPS) is 14.2. The number of hydrogen-bond donors (Lipinski definition) is 0. The van der Waals surface area contributed by atoms with Crippen LogP contribution in [-0.2, 0) is 6.18 Å². The van der Waals surface area contributed by atoms with Crippen molar-refractivity contribution in [2.24, 2.45) is 5.92 Å². The van der Waals surface area contributed by atoms with Crippen LogP contribution in [-0.4, -0.2) is 0 Å². The van der Waals surface area contributed by atoms with Gasteiger partial charge in [-0.25, -0.2) is 4.39 Å². The van der Waals surface area contributed by atoms with Crippen LogP contribution in [0.3, 0.4) is 0 Å². The number of alkyl halides is 3. The first-order chi connectivity index (χ1) is 7.23. The van der Waals surface area contributed by atoms with Crippen molar-refractivity contribution in [3.05, 3.63) is 35.1 Å². The summed E-state index contributed by atoms with van der Waals surface area (Å²) in [6, 6.07) is 3.20. The summed E-state index contributed by atoms with van der Waals surface area (Å²) in [6.45, 7) is 5.67. The summed E-state index contributed by atoms with van der Waals surface area (Å²) >= 11 is 0. The number of rotatable bonds is 2. The van der Waals surface area contributed by atoms with Gasteiger partial charge in [-0.15, -0.1) is 0 Å². The predicted octanol–water partition coefficient (Wildman–Crippen LogP) is 4.60. The molecule has 0 amide bonds. The Labute approximate surface area is 92.3 Å². The molecule has 0 nitrogen and oxygen atoms in total. The molecule has 0 spiro atoms. The average Bonchev–Trinajstić information content (AvgIpc) is 2.15. The van der Waals surface area contributed by atoms with E-state index in [1.54, 1.807) is 0 Å². The zero-order valence-corrected chi connectivity index (χ0v) is 9.40. The van der Waals surface area contributed by atoms with Gasteiger partial charge in [-0.1, -0.05) is 26.8 Å². The second-order valence-corrected chi connectivity index (χ2v) is 4.27. The van der Waals surface area contributed by atoms with Gasteiger partial charge in [0.15, 0.2) is 0 Å². The van der Waals surface area contributed by atoms with Crippen LogP contribution in [0.4, 0.5) is 17.6 Å². The molecule has 0 saturated carbocycles. The summed E-state index contributed by atoms with van der Waals surface area (Å²) in [7, 11) is 0. The fourth-order valence-corrected chi connectivity index (χ4v) is 1.43. The van der Waals surface area contributed by atoms with Gasteiger partial charge in [-0.2, -0.15) is 13.2 Å². The van der Waals surface area contributed by atoms with E-state index in [1.165, 1.54) is 6.07 Å². The van der Waals surface area contributed by atoms with Gasteiger partial charge in [0.25, 0.3) is 0 Å². The van der Waals surface area contributed by atoms with E-state index >= 15 is 0 Å². The van der Waals surface area contributed by atoms with Crippen LogP contribution in [0.1, 0.15) is 37.8 Å². The third kappa shape index (κ3) is 2.74. The zero-order valence-electron chi connectivity index (χ0n) is 9.40. The highest BCUT2D eigenvalue weighted by Crippen LogP contribution is 2.34. The van der Waals surface area contributed by atoms with Gasteiger partial charge in [-0.3, -0.25) is 0 Å². The summed E-state index contributed by atoms with van der Waals surface area (Å²) in [5.74, 6) is -1.03. The summed E-state index contributed by atoms with van der Waals surface area (Å²) in [6.07, 6.45) is -4.63. The maximum Gasteiger partial charge on any atom is 0.419 e. The monoisotopic (exact) mass is 234 g/mol. The molecule has 0 heterocycles. The summed E-state index contributed by atoms with van der Waals surface area (Å²) in [4.78, 5) is 0. The van der Waals surface area contributed by atoms with E-state index in [9.17, 15) is 17.6 Å². The van der Waals surface area contributed by atoms with Gasteiger partial charge in [-0.05, 0) is 29.5 Å². The fraction of sp³-hybridized carbons (Fsp3) is 0.500. The van der Waals surface area contributed by atoms with Crippen LogP contribution in [0.15, 0.2) is 18.2 Å². The van der Waals surface area contributed by atoms with E-state index in [-0.39, 0.29) is 11.8 Å². The summed E-state index contributed by atoms with van der Waals surface area (Å²) < 4.78 is 50.4. The summed E-state index contributed by atoms with van der Waals surface area (Å²) in [5, 5.41) is 0. The van der Waals surface area contributed by atoms with E-state index in [0.29, 0.717) is 5.56 Å². The smallest absolute Gasteiger partial charge is 0.206 e. The number of halogens is 4. The van der Waals surface area contributed by atoms with Crippen molar-refractivity contribution in [2.45, 2.75) is 32.9 Å². The first-order valence-electron chi connectivity index (χ1n) is 5.10. The fourth-order valence-electron chi connectivity index (χ4n) is 1.43. The van der Waals surface area contributed by atoms with Gasteiger partial charge < -0.3 is 0 Å². The third-order valence-corrected chi connectivity index (χ3v) is 2.82. The van der Waals surface area contributed by atoms with Gasteiger partial charge in [0.1, 0.15) is 5.82 Å². The molecule has 1 atom stereocenters. The Hall–Kier alpha value is -1.06. The lowest BCUT2D eigenvalue weighted by Gasteiger charge is -2.18. The zero-order chi connectivity index (χ0) is 12.5. The summed E-state index contributed by atoms with van der Waals surface area (Å²) in [5.41, 5.74) is -0.666. The largest absolute Gasteiger partial charge is 0.419 e. The number of hydrogen-bond acceptors (Lipinski definition) is 0. The molecule has 1 unspecified atom stereocenters. The third-order valence-electron chi connectivity index (χ3n) is 2.82. The maximum atomic E-state index is 13.0. The second-order valence-electron chi connectivity index (χ2n) is 4.27. The first kappa shape index (κ1) is 13.0. The van der Waals surface area contributed by atoms with Gasteiger partial charge in [0, 0.05) is 0 Å². The minimum Gasteiger partial charge on any atom is -0.206 e. The minimum absolute atomic E-state index is 0.0262. The van der Waals surface area contributed by atoms with Crippen molar-refractivity contribution >= 4 is 0 Å². The molecular weight excluding hydrogens is 220 g/mol. The van der Waals surface area contributed by atoms with E-state index < -0.39 is 17.6 Å². The lowest BCUT2D eigenvalue weighted by atomic mass is 9.89. The lowest BCUT2D eigenvalue weighted by molar-refractivity contribution is -0.140. The Balaban J connectivity index is 3.18. The molecule has 90 valence electrons. The Morgan fingerprint density at radius 2 is 1.62 bits per heavy atom. The molecule has 0 aliphatic heterocycles. The Bertz CT molecular complexity index is 366. The van der Waals surface area contributed by atoms with Crippen molar-refractivity contribution in [2.75, 3.05) is 0 Å². The van der Waals surface area contributed by atoms with Crippen LogP contribution >= 0.6 is 0 Å². The molecular formula is C12H14F4. The number of benzene rings is 1. The molecule has 1 aromatic rings. The van der Waals surface area contributed by atoms with Crippen LogP contribution in [0.2, 0.25) is 0 Å². The van der Waals surface area contributed by atoms with Crippen molar-refractivity contribution in [3.63, 3.8) is 0 Å². The van der Waals surface area contributed by atoms with Crippen LogP contribution in [0.25, 0.3) is 0 Å². The van der Waals surface area contributed by atoms with Crippen molar-refractivity contribution in [3.8, 4) is 0 Å². The Morgan fingerprint density at radius 3 is 2.06 bits per heavy atom. The Kier molecular flexibility index (Phi) is 3.61. The lowest BCUT2D eigenvalue weighted by Crippen LogP contribution is -2.10. The molecule has 0 N–H and O–H groups in total. The molecule has 1 aromatic carbocycles. The van der Waals surface area contributed by atoms with Crippen LogP contribution in [0.5, 0.6) is 0 Å². The second kappa shape index (κ2) is 4.44. The van der Waals surface area contributed by atoms with E-state index in [4.69, 9.17) is 0 Å². The van der Waals surface area contributed by atoms with Crippen LogP contribution in [0, 0.1) is 11.7 Å². The maximum absolute atomic E-state index is 13.0.